The molecule has 3 rings (SSSR count). The van der Waals surface area contributed by atoms with Crippen LogP contribution in [0.3, 0.4) is 0 Å². The van der Waals surface area contributed by atoms with Gasteiger partial charge in [-0.2, -0.15) is 0 Å². The monoisotopic (exact) mass is 253 g/mol. The minimum absolute atomic E-state index is 0.196. The summed E-state index contributed by atoms with van der Waals surface area (Å²) in [5.41, 5.74) is 0. The van der Waals surface area contributed by atoms with E-state index >= 15 is 0 Å². The molecule has 0 bridgehead atoms. The summed E-state index contributed by atoms with van der Waals surface area (Å²) in [7, 11) is 0. The molecule has 17 heavy (non-hydrogen) atoms. The van der Waals surface area contributed by atoms with E-state index in [1.165, 1.54) is 0 Å². The molecule has 2 aromatic heterocycles. The summed E-state index contributed by atoms with van der Waals surface area (Å²) in [6, 6.07) is 3.43. The van der Waals surface area contributed by atoms with Gasteiger partial charge in [-0.25, -0.2) is 9.67 Å². The Balaban J connectivity index is 1.92. The molecule has 0 aliphatic carbocycles. The largest absolute Gasteiger partial charge is 0.441 e. The van der Waals surface area contributed by atoms with Crippen molar-refractivity contribution in [1.29, 1.82) is 0 Å². The summed E-state index contributed by atoms with van der Waals surface area (Å²) in [6.07, 6.45) is 1.79. The van der Waals surface area contributed by atoms with Gasteiger partial charge in [0.05, 0.1) is 0 Å². The maximum absolute atomic E-state index is 9.15. The Morgan fingerprint density at radius 2 is 2.41 bits per heavy atom. The van der Waals surface area contributed by atoms with Crippen molar-refractivity contribution >= 4 is 11.6 Å². The highest BCUT2D eigenvalue weighted by atomic mass is 35.5. The van der Waals surface area contributed by atoms with Gasteiger partial charge in [0.1, 0.15) is 5.82 Å². The SMILES string of the molecule is OCC1CCc2nc(-c3ccc(Cl)o3)nn2C1. The summed E-state index contributed by atoms with van der Waals surface area (Å²) in [5, 5.41) is 13.9. The van der Waals surface area contributed by atoms with Gasteiger partial charge in [0, 0.05) is 25.5 Å². The lowest BCUT2D eigenvalue weighted by Crippen LogP contribution is -2.23. The summed E-state index contributed by atoms with van der Waals surface area (Å²) in [5.74, 6) is 2.36. The molecule has 0 amide bonds. The normalized spacial score (nSPS) is 19.3. The fourth-order valence-corrected chi connectivity index (χ4v) is 2.21. The Kier molecular flexibility index (Phi) is 2.64. The van der Waals surface area contributed by atoms with Crippen molar-refractivity contribution in [3.8, 4) is 11.6 Å². The van der Waals surface area contributed by atoms with E-state index < -0.39 is 0 Å². The van der Waals surface area contributed by atoms with Crippen LogP contribution in [-0.2, 0) is 13.0 Å². The first-order valence-electron chi connectivity index (χ1n) is 5.56. The lowest BCUT2D eigenvalue weighted by molar-refractivity contribution is 0.185. The predicted molar refractivity (Wildman–Crippen MR) is 61.6 cm³/mol. The molecule has 5 nitrogen and oxygen atoms in total. The van der Waals surface area contributed by atoms with E-state index in [2.05, 4.69) is 10.1 Å². The highest BCUT2D eigenvalue weighted by Gasteiger charge is 2.22. The second-order valence-corrected chi connectivity index (χ2v) is 4.60. The molecule has 1 atom stereocenters. The van der Waals surface area contributed by atoms with Crippen LogP contribution in [0.15, 0.2) is 16.5 Å². The molecular formula is C11H12ClN3O2. The number of aromatic nitrogens is 3. The van der Waals surface area contributed by atoms with Crippen LogP contribution in [0.4, 0.5) is 0 Å². The Hall–Kier alpha value is -1.33. The standard InChI is InChI=1S/C11H12ClN3O2/c12-9-3-2-8(17-9)11-13-10-4-1-7(6-16)5-15(10)14-11/h2-3,7,16H,1,4-6H2. The van der Waals surface area contributed by atoms with Crippen LogP contribution in [-0.4, -0.2) is 26.5 Å². The van der Waals surface area contributed by atoms with E-state index in [0.29, 0.717) is 23.3 Å². The third kappa shape index (κ3) is 1.96. The van der Waals surface area contributed by atoms with E-state index in [0.717, 1.165) is 18.7 Å². The fourth-order valence-electron chi connectivity index (χ4n) is 2.06. The molecule has 0 saturated heterocycles. The molecule has 2 aromatic rings. The lowest BCUT2D eigenvalue weighted by atomic mass is 10.0. The number of furan rings is 1. The maximum Gasteiger partial charge on any atom is 0.217 e. The van der Waals surface area contributed by atoms with Crippen molar-refractivity contribution in [3.63, 3.8) is 0 Å². The van der Waals surface area contributed by atoms with Crippen LogP contribution in [0.1, 0.15) is 12.2 Å². The van der Waals surface area contributed by atoms with Gasteiger partial charge >= 0.3 is 0 Å². The molecule has 1 aliphatic rings. The topological polar surface area (TPSA) is 64.1 Å². The Morgan fingerprint density at radius 3 is 3.12 bits per heavy atom. The summed E-state index contributed by atoms with van der Waals surface area (Å²) in [4.78, 5) is 4.42. The molecule has 1 N–H and O–H groups in total. The molecule has 0 saturated carbocycles. The van der Waals surface area contributed by atoms with Gasteiger partial charge in [-0.1, -0.05) is 0 Å². The summed E-state index contributed by atoms with van der Waals surface area (Å²) >= 11 is 5.72. The molecule has 3 heterocycles. The molecule has 90 valence electrons. The van der Waals surface area contributed by atoms with Gasteiger partial charge in [-0.15, -0.1) is 5.10 Å². The Bertz CT molecular complexity index is 535. The minimum atomic E-state index is 0.196. The van der Waals surface area contributed by atoms with E-state index in [1.807, 2.05) is 4.68 Å². The third-order valence-electron chi connectivity index (χ3n) is 3.01. The first-order chi connectivity index (χ1) is 8.26. The smallest absolute Gasteiger partial charge is 0.217 e. The molecule has 0 fully saturated rings. The number of halogens is 1. The highest BCUT2D eigenvalue weighted by molar-refractivity contribution is 6.28. The average Bonchev–Trinajstić information content (AvgIpc) is 2.93. The van der Waals surface area contributed by atoms with E-state index in [4.69, 9.17) is 21.1 Å². The number of rotatable bonds is 2. The average molecular weight is 254 g/mol. The second kappa shape index (κ2) is 4.16. The van der Waals surface area contributed by atoms with Crippen LogP contribution in [0.25, 0.3) is 11.6 Å². The molecule has 1 unspecified atom stereocenters. The number of aryl methyl sites for hydroxylation is 1. The summed E-state index contributed by atoms with van der Waals surface area (Å²) in [6.45, 7) is 0.911. The molecule has 0 radical (unpaired) electrons. The van der Waals surface area contributed by atoms with Crippen molar-refractivity contribution in [2.45, 2.75) is 19.4 Å². The van der Waals surface area contributed by atoms with Crippen LogP contribution in [0.5, 0.6) is 0 Å². The highest BCUT2D eigenvalue weighted by Crippen LogP contribution is 2.25. The van der Waals surface area contributed by atoms with Gasteiger partial charge in [0.2, 0.25) is 5.82 Å². The second-order valence-electron chi connectivity index (χ2n) is 4.22. The number of nitrogens with zero attached hydrogens (tertiary/aromatic N) is 3. The molecule has 1 aliphatic heterocycles. The number of aliphatic hydroxyl groups excluding tert-OH is 1. The Morgan fingerprint density at radius 1 is 1.53 bits per heavy atom. The first kappa shape index (κ1) is 10.8. The molecular weight excluding hydrogens is 242 g/mol. The van der Waals surface area contributed by atoms with Crippen molar-refractivity contribution in [2.75, 3.05) is 6.61 Å². The number of hydrogen-bond acceptors (Lipinski definition) is 4. The first-order valence-corrected chi connectivity index (χ1v) is 5.94. The van der Waals surface area contributed by atoms with Crippen molar-refractivity contribution in [1.82, 2.24) is 14.8 Å². The van der Waals surface area contributed by atoms with Gasteiger partial charge in [-0.05, 0) is 30.2 Å². The zero-order valence-corrected chi connectivity index (χ0v) is 9.89. The quantitative estimate of drug-likeness (QED) is 0.886. The van der Waals surface area contributed by atoms with Crippen molar-refractivity contribution in [2.24, 2.45) is 5.92 Å². The van der Waals surface area contributed by atoms with Gasteiger partial charge < -0.3 is 9.52 Å². The number of aliphatic hydroxyl groups is 1. The van der Waals surface area contributed by atoms with E-state index in [9.17, 15) is 0 Å². The van der Waals surface area contributed by atoms with Gasteiger partial charge in [-0.3, -0.25) is 0 Å². The van der Waals surface area contributed by atoms with Crippen LogP contribution < -0.4 is 0 Å². The molecule has 0 spiro atoms. The maximum atomic E-state index is 9.15. The van der Waals surface area contributed by atoms with Crippen LogP contribution in [0, 0.1) is 5.92 Å². The number of hydrogen-bond donors (Lipinski definition) is 1. The van der Waals surface area contributed by atoms with Crippen molar-refractivity contribution < 1.29 is 9.52 Å². The van der Waals surface area contributed by atoms with Crippen LogP contribution >= 0.6 is 11.6 Å². The zero-order valence-electron chi connectivity index (χ0n) is 9.14. The minimum Gasteiger partial charge on any atom is -0.441 e. The van der Waals surface area contributed by atoms with Gasteiger partial charge in [0.15, 0.2) is 11.0 Å². The van der Waals surface area contributed by atoms with Gasteiger partial charge in [0.25, 0.3) is 0 Å². The molecule has 6 heteroatoms. The van der Waals surface area contributed by atoms with E-state index in [1.54, 1.807) is 12.1 Å². The van der Waals surface area contributed by atoms with Crippen molar-refractivity contribution in [3.05, 3.63) is 23.2 Å². The lowest BCUT2D eigenvalue weighted by Gasteiger charge is -2.19. The van der Waals surface area contributed by atoms with E-state index in [-0.39, 0.29) is 12.5 Å². The Labute approximate surface area is 103 Å². The summed E-state index contributed by atoms with van der Waals surface area (Å²) < 4.78 is 7.12. The third-order valence-corrected chi connectivity index (χ3v) is 3.21. The number of fused-ring (bicyclic) bond motifs is 1. The fraction of sp³-hybridized carbons (Fsp3) is 0.455. The van der Waals surface area contributed by atoms with Crippen LogP contribution in [0.2, 0.25) is 5.22 Å². The molecule has 0 aromatic carbocycles. The zero-order chi connectivity index (χ0) is 11.8. The predicted octanol–water partition coefficient (Wildman–Crippen LogP) is 1.75.